The van der Waals surface area contributed by atoms with Gasteiger partial charge in [0.15, 0.2) is 5.16 Å². The number of fused-ring (bicyclic) bond motifs is 3. The van der Waals surface area contributed by atoms with Crippen molar-refractivity contribution >= 4 is 33.3 Å². The topological polar surface area (TPSA) is 47.4 Å². The van der Waals surface area contributed by atoms with Gasteiger partial charge in [-0.1, -0.05) is 31.7 Å². The monoisotopic (exact) mass is 401 g/mol. The van der Waals surface area contributed by atoms with Gasteiger partial charge >= 0.3 is 0 Å². The second kappa shape index (κ2) is 7.30. The maximum atomic E-state index is 13.6. The molecule has 0 spiro atoms. The molecule has 5 nitrogen and oxygen atoms in total. The highest BCUT2D eigenvalue weighted by Crippen LogP contribution is 2.34. The number of rotatable bonds is 4. The van der Waals surface area contributed by atoms with Gasteiger partial charge < -0.3 is 9.64 Å². The predicted molar refractivity (Wildman–Crippen MR) is 113 cm³/mol. The molecule has 0 fully saturated rings. The Morgan fingerprint density at radius 1 is 1.33 bits per heavy atom. The van der Waals surface area contributed by atoms with Gasteiger partial charge in [-0.2, -0.15) is 0 Å². The first-order valence-electron chi connectivity index (χ1n) is 9.05. The van der Waals surface area contributed by atoms with Gasteiger partial charge in [0, 0.05) is 29.3 Å². The third-order valence-electron chi connectivity index (χ3n) is 4.69. The average molecular weight is 402 g/mol. The zero-order valence-corrected chi connectivity index (χ0v) is 17.6. The van der Waals surface area contributed by atoms with Crippen molar-refractivity contribution in [2.75, 3.05) is 20.7 Å². The zero-order chi connectivity index (χ0) is 19.1. The lowest BCUT2D eigenvalue weighted by molar-refractivity contribution is 0.318. The number of hydrogen-bond acceptors (Lipinski definition) is 6. The Morgan fingerprint density at radius 2 is 2.15 bits per heavy atom. The lowest BCUT2D eigenvalue weighted by Gasteiger charge is -2.21. The molecule has 0 unspecified atom stereocenters. The first-order valence-corrected chi connectivity index (χ1v) is 10.7. The van der Waals surface area contributed by atoms with Crippen LogP contribution in [0.25, 0.3) is 15.9 Å². The Kier molecular flexibility index (Phi) is 5.01. The molecule has 1 aliphatic rings. The molecule has 4 rings (SSSR count). The summed E-state index contributed by atoms with van der Waals surface area (Å²) in [5.41, 5.74) is 2.01. The minimum absolute atomic E-state index is 0.0263. The van der Waals surface area contributed by atoms with Gasteiger partial charge in [0.2, 0.25) is 0 Å². The van der Waals surface area contributed by atoms with Crippen LogP contribution in [-0.4, -0.2) is 40.4 Å². The summed E-state index contributed by atoms with van der Waals surface area (Å²) in [5.74, 6) is 0.731. The van der Waals surface area contributed by atoms with E-state index in [9.17, 15) is 4.79 Å². The molecule has 0 aliphatic carbocycles. The highest BCUT2D eigenvalue weighted by molar-refractivity contribution is 7.99. The summed E-state index contributed by atoms with van der Waals surface area (Å²) in [7, 11) is 3.76. The Hall–Kier alpha value is -1.83. The summed E-state index contributed by atoms with van der Waals surface area (Å²) in [4.78, 5) is 23.0. The number of thioether (sulfide) groups is 1. The van der Waals surface area contributed by atoms with Crippen molar-refractivity contribution in [2.24, 2.45) is 0 Å². The second-order valence-corrected chi connectivity index (χ2v) is 9.70. The lowest BCUT2D eigenvalue weighted by Crippen LogP contribution is -2.27. The van der Waals surface area contributed by atoms with E-state index >= 15 is 0 Å². The molecule has 0 N–H and O–H groups in total. The molecule has 142 valence electrons. The molecule has 0 radical (unpaired) electrons. The first kappa shape index (κ1) is 18.5. The van der Waals surface area contributed by atoms with Crippen LogP contribution in [0, 0.1) is 0 Å². The van der Waals surface area contributed by atoms with Crippen molar-refractivity contribution in [1.82, 2.24) is 14.5 Å². The SMILES string of the molecule is COc1cccc(-n2c(SC(C)C)nc3sc4c(c3c2=O)CCN(C)C4)c1. The predicted octanol–water partition coefficient (Wildman–Crippen LogP) is 3.94. The molecule has 0 amide bonds. The number of nitrogens with zero attached hydrogens (tertiary/aromatic N) is 3. The standard InChI is InChI=1S/C20H23N3O2S2/c1-12(2)26-20-21-18-17(15-8-9-22(3)11-16(15)27-18)19(24)23(20)13-6-5-7-14(10-13)25-4/h5-7,10,12H,8-9,11H2,1-4H3. The van der Waals surface area contributed by atoms with Crippen LogP contribution < -0.4 is 10.3 Å². The van der Waals surface area contributed by atoms with Crippen LogP contribution >= 0.6 is 23.1 Å². The van der Waals surface area contributed by atoms with Crippen LogP contribution in [0.2, 0.25) is 0 Å². The molecule has 7 heteroatoms. The fraction of sp³-hybridized carbons (Fsp3) is 0.400. The van der Waals surface area contributed by atoms with E-state index in [-0.39, 0.29) is 5.56 Å². The first-order chi connectivity index (χ1) is 13.0. The molecular weight excluding hydrogens is 378 g/mol. The van der Waals surface area contributed by atoms with E-state index in [1.807, 2.05) is 24.3 Å². The number of likely N-dealkylation sites (N-methyl/N-ethyl adjacent to an activating group) is 1. The fourth-order valence-corrected chi connectivity index (χ4v) is 5.63. The number of methoxy groups -OCH3 is 1. The summed E-state index contributed by atoms with van der Waals surface area (Å²) in [6.45, 7) is 6.10. The van der Waals surface area contributed by atoms with Gasteiger partial charge in [-0.3, -0.25) is 9.36 Å². The Balaban J connectivity index is 2.00. The van der Waals surface area contributed by atoms with E-state index in [1.165, 1.54) is 10.4 Å². The van der Waals surface area contributed by atoms with Crippen LogP contribution in [0.3, 0.4) is 0 Å². The third-order valence-corrected chi connectivity index (χ3v) is 6.75. The molecule has 2 aromatic heterocycles. The van der Waals surface area contributed by atoms with Crippen LogP contribution in [0.5, 0.6) is 5.75 Å². The van der Waals surface area contributed by atoms with Crippen molar-refractivity contribution in [3.8, 4) is 11.4 Å². The van der Waals surface area contributed by atoms with Gasteiger partial charge in [0.25, 0.3) is 5.56 Å². The second-order valence-electron chi connectivity index (χ2n) is 7.07. The van der Waals surface area contributed by atoms with E-state index in [4.69, 9.17) is 9.72 Å². The molecule has 3 aromatic rings. The number of thiophene rings is 1. The highest BCUT2D eigenvalue weighted by Gasteiger charge is 2.24. The van der Waals surface area contributed by atoms with Crippen molar-refractivity contribution in [2.45, 2.75) is 37.2 Å². The quantitative estimate of drug-likeness (QED) is 0.489. The molecule has 3 heterocycles. The maximum Gasteiger partial charge on any atom is 0.267 e. The maximum absolute atomic E-state index is 13.6. The van der Waals surface area contributed by atoms with E-state index < -0.39 is 0 Å². The molecule has 27 heavy (non-hydrogen) atoms. The Bertz CT molecular complexity index is 1060. The van der Waals surface area contributed by atoms with E-state index in [0.717, 1.165) is 46.3 Å². The minimum Gasteiger partial charge on any atom is -0.497 e. The van der Waals surface area contributed by atoms with Crippen molar-refractivity contribution in [3.63, 3.8) is 0 Å². The smallest absolute Gasteiger partial charge is 0.267 e. The van der Waals surface area contributed by atoms with Crippen molar-refractivity contribution in [3.05, 3.63) is 45.1 Å². The average Bonchev–Trinajstić information content (AvgIpc) is 2.98. The van der Waals surface area contributed by atoms with E-state index in [2.05, 4.69) is 25.8 Å². The summed E-state index contributed by atoms with van der Waals surface area (Å²) < 4.78 is 7.12. The number of aromatic nitrogens is 2. The zero-order valence-electron chi connectivity index (χ0n) is 16.0. The summed E-state index contributed by atoms with van der Waals surface area (Å²) in [5, 5.41) is 1.86. The van der Waals surface area contributed by atoms with Gasteiger partial charge in [0.1, 0.15) is 10.6 Å². The molecular formula is C20H23N3O2S2. The largest absolute Gasteiger partial charge is 0.497 e. The van der Waals surface area contributed by atoms with Crippen molar-refractivity contribution in [1.29, 1.82) is 0 Å². The van der Waals surface area contributed by atoms with Gasteiger partial charge in [-0.05, 0) is 31.2 Å². The van der Waals surface area contributed by atoms with Crippen LogP contribution in [-0.2, 0) is 13.0 Å². The normalized spacial score (nSPS) is 14.7. The molecule has 1 aromatic carbocycles. The van der Waals surface area contributed by atoms with Crippen molar-refractivity contribution < 1.29 is 4.74 Å². The number of benzene rings is 1. The van der Waals surface area contributed by atoms with E-state index in [0.29, 0.717) is 5.25 Å². The Morgan fingerprint density at radius 3 is 2.89 bits per heavy atom. The minimum atomic E-state index is 0.0263. The van der Waals surface area contributed by atoms with Crippen LogP contribution in [0.15, 0.2) is 34.2 Å². The molecule has 0 saturated carbocycles. The molecule has 0 atom stereocenters. The summed E-state index contributed by atoms with van der Waals surface area (Å²) in [6.07, 6.45) is 0.900. The van der Waals surface area contributed by atoms with E-state index in [1.54, 1.807) is 34.8 Å². The summed E-state index contributed by atoms with van der Waals surface area (Å²) in [6, 6.07) is 7.63. The summed E-state index contributed by atoms with van der Waals surface area (Å²) >= 11 is 3.28. The molecule has 1 aliphatic heterocycles. The highest BCUT2D eigenvalue weighted by atomic mass is 32.2. The number of hydrogen-bond donors (Lipinski definition) is 0. The Labute approximate surface area is 167 Å². The lowest BCUT2D eigenvalue weighted by atomic mass is 10.1. The van der Waals surface area contributed by atoms with Gasteiger partial charge in [0.05, 0.1) is 18.2 Å². The van der Waals surface area contributed by atoms with Gasteiger partial charge in [-0.15, -0.1) is 11.3 Å². The molecule has 0 saturated heterocycles. The van der Waals surface area contributed by atoms with Gasteiger partial charge in [-0.25, -0.2) is 4.98 Å². The van der Waals surface area contributed by atoms with Crippen LogP contribution in [0.4, 0.5) is 0 Å². The van der Waals surface area contributed by atoms with Crippen LogP contribution in [0.1, 0.15) is 24.3 Å². The fourth-order valence-electron chi connectivity index (χ4n) is 3.42. The number of ether oxygens (including phenoxy) is 1. The molecule has 0 bridgehead atoms. The third kappa shape index (κ3) is 3.39.